The van der Waals surface area contributed by atoms with E-state index in [1.807, 2.05) is 25.9 Å². The Labute approximate surface area is 74.0 Å². The Hall–Kier alpha value is -0.160. The van der Waals surface area contributed by atoms with Crippen LogP contribution < -0.4 is 5.73 Å². The normalized spacial score (nSPS) is 19.2. The second-order valence-electron chi connectivity index (χ2n) is 3.23. The Balaban J connectivity index is 4.10. The maximum Gasteiger partial charge on any atom is 0.0965 e. The van der Waals surface area contributed by atoms with Crippen LogP contribution in [0.2, 0.25) is 0 Å². The topological polar surface area (TPSA) is 69.7 Å². The van der Waals surface area contributed by atoms with E-state index in [1.54, 1.807) is 0 Å². The molecule has 3 unspecified atom stereocenters. The van der Waals surface area contributed by atoms with Crippen LogP contribution in [0.15, 0.2) is 0 Å². The minimum absolute atomic E-state index is 0.0245. The second kappa shape index (κ2) is 5.48. The molecule has 0 aliphatic heterocycles. The van der Waals surface area contributed by atoms with Crippen LogP contribution in [-0.2, 0) is 0 Å². The molecule has 0 rings (SSSR count). The lowest BCUT2D eigenvalue weighted by atomic mass is 10.0. The molecule has 0 saturated carbocycles. The van der Waals surface area contributed by atoms with E-state index < -0.39 is 12.2 Å². The third-order valence-electron chi connectivity index (χ3n) is 2.11. The van der Waals surface area contributed by atoms with Crippen LogP contribution in [0.25, 0.3) is 0 Å². The third kappa shape index (κ3) is 3.06. The van der Waals surface area contributed by atoms with Crippen molar-refractivity contribution < 1.29 is 10.2 Å². The van der Waals surface area contributed by atoms with Gasteiger partial charge in [-0.2, -0.15) is 0 Å². The van der Waals surface area contributed by atoms with Gasteiger partial charge >= 0.3 is 0 Å². The van der Waals surface area contributed by atoms with E-state index >= 15 is 0 Å². The average molecular weight is 176 g/mol. The van der Waals surface area contributed by atoms with Crippen molar-refractivity contribution in [3.05, 3.63) is 0 Å². The standard InChI is InChI=1S/C8H20N2O2/c1-4-6(10(2)3)8(12)7(11)5-9/h6-8,11-12H,4-5,9H2,1-3H3. The Bertz CT molecular complexity index is 120. The van der Waals surface area contributed by atoms with Gasteiger partial charge in [-0.1, -0.05) is 6.92 Å². The van der Waals surface area contributed by atoms with E-state index in [1.165, 1.54) is 0 Å². The molecule has 12 heavy (non-hydrogen) atoms. The van der Waals surface area contributed by atoms with Gasteiger partial charge in [0, 0.05) is 12.6 Å². The van der Waals surface area contributed by atoms with Crippen molar-refractivity contribution in [2.45, 2.75) is 31.6 Å². The summed E-state index contributed by atoms with van der Waals surface area (Å²) in [4.78, 5) is 1.89. The summed E-state index contributed by atoms with van der Waals surface area (Å²) in [6.07, 6.45) is -0.780. The SMILES string of the molecule is CCC(C(O)C(O)CN)N(C)C. The molecule has 0 aliphatic carbocycles. The van der Waals surface area contributed by atoms with Gasteiger partial charge in [-0.3, -0.25) is 0 Å². The lowest BCUT2D eigenvalue weighted by molar-refractivity contribution is -0.0240. The first-order valence-corrected chi connectivity index (χ1v) is 4.27. The number of aliphatic hydroxyl groups is 2. The molecule has 3 atom stereocenters. The molecule has 4 heteroatoms. The number of hydrogen-bond donors (Lipinski definition) is 3. The van der Waals surface area contributed by atoms with Gasteiger partial charge in [0.2, 0.25) is 0 Å². The van der Waals surface area contributed by atoms with Crippen molar-refractivity contribution in [2.24, 2.45) is 5.73 Å². The fourth-order valence-electron chi connectivity index (χ4n) is 1.31. The summed E-state index contributed by atoms with van der Waals surface area (Å²) in [5.41, 5.74) is 5.24. The van der Waals surface area contributed by atoms with Gasteiger partial charge in [-0.15, -0.1) is 0 Å². The number of rotatable bonds is 5. The van der Waals surface area contributed by atoms with Crippen molar-refractivity contribution in [3.63, 3.8) is 0 Å². The number of likely N-dealkylation sites (N-methyl/N-ethyl adjacent to an activating group) is 1. The van der Waals surface area contributed by atoms with E-state index in [0.717, 1.165) is 6.42 Å². The Morgan fingerprint density at radius 3 is 2.08 bits per heavy atom. The molecule has 0 spiro atoms. The van der Waals surface area contributed by atoms with Gasteiger partial charge < -0.3 is 20.8 Å². The van der Waals surface area contributed by atoms with Crippen LogP contribution in [0.5, 0.6) is 0 Å². The summed E-state index contributed by atoms with van der Waals surface area (Å²) in [6, 6.07) is -0.0245. The molecule has 0 radical (unpaired) electrons. The highest BCUT2D eigenvalue weighted by Crippen LogP contribution is 2.08. The van der Waals surface area contributed by atoms with Crippen molar-refractivity contribution in [3.8, 4) is 0 Å². The third-order valence-corrected chi connectivity index (χ3v) is 2.11. The van der Waals surface area contributed by atoms with Crippen molar-refractivity contribution in [1.82, 2.24) is 4.90 Å². The first kappa shape index (κ1) is 11.8. The van der Waals surface area contributed by atoms with E-state index in [0.29, 0.717) is 0 Å². The molecule has 4 nitrogen and oxygen atoms in total. The van der Waals surface area contributed by atoms with Gasteiger partial charge in [-0.25, -0.2) is 0 Å². The summed E-state index contributed by atoms with van der Waals surface area (Å²) < 4.78 is 0. The number of nitrogens with zero attached hydrogens (tertiary/aromatic N) is 1. The molecular weight excluding hydrogens is 156 g/mol. The Morgan fingerprint density at radius 2 is 1.83 bits per heavy atom. The van der Waals surface area contributed by atoms with Gasteiger partial charge in [0.1, 0.15) is 0 Å². The molecule has 0 aromatic heterocycles. The summed E-state index contributed by atoms with van der Waals surface area (Å²) in [5, 5.41) is 18.9. The van der Waals surface area contributed by atoms with E-state index in [-0.39, 0.29) is 12.6 Å². The molecule has 0 heterocycles. The maximum absolute atomic E-state index is 9.58. The van der Waals surface area contributed by atoms with Gasteiger partial charge in [0.05, 0.1) is 12.2 Å². The highest BCUT2D eigenvalue weighted by Gasteiger charge is 2.25. The highest BCUT2D eigenvalue weighted by atomic mass is 16.3. The monoisotopic (exact) mass is 176 g/mol. The minimum atomic E-state index is -0.822. The van der Waals surface area contributed by atoms with Crippen LogP contribution in [0.3, 0.4) is 0 Å². The lowest BCUT2D eigenvalue weighted by Crippen LogP contribution is -2.47. The zero-order valence-corrected chi connectivity index (χ0v) is 8.07. The van der Waals surface area contributed by atoms with Crippen molar-refractivity contribution in [2.75, 3.05) is 20.6 Å². The molecule has 0 fully saturated rings. The average Bonchev–Trinajstić information content (AvgIpc) is 2.03. The number of nitrogens with two attached hydrogens (primary N) is 1. The van der Waals surface area contributed by atoms with Crippen LogP contribution in [0.1, 0.15) is 13.3 Å². The summed E-state index contributed by atoms with van der Waals surface area (Å²) >= 11 is 0. The molecule has 0 aliphatic rings. The van der Waals surface area contributed by atoms with Crippen molar-refractivity contribution >= 4 is 0 Å². The largest absolute Gasteiger partial charge is 0.389 e. The first-order chi connectivity index (χ1) is 5.54. The zero-order valence-electron chi connectivity index (χ0n) is 8.07. The molecule has 0 bridgehead atoms. The van der Waals surface area contributed by atoms with Crippen LogP contribution in [-0.4, -0.2) is 54.0 Å². The van der Waals surface area contributed by atoms with E-state index in [4.69, 9.17) is 5.73 Å². The molecule has 0 aromatic rings. The first-order valence-electron chi connectivity index (χ1n) is 4.27. The summed E-state index contributed by atoms with van der Waals surface area (Å²) in [7, 11) is 3.75. The molecule has 74 valence electrons. The summed E-state index contributed by atoms with van der Waals surface area (Å²) in [5.74, 6) is 0. The predicted octanol–water partition coefficient (Wildman–Crippen LogP) is -0.993. The molecule has 0 saturated heterocycles. The molecule has 4 N–H and O–H groups in total. The smallest absolute Gasteiger partial charge is 0.0965 e. The van der Waals surface area contributed by atoms with E-state index in [9.17, 15) is 10.2 Å². The number of aliphatic hydroxyl groups excluding tert-OH is 2. The van der Waals surface area contributed by atoms with Gasteiger partial charge in [-0.05, 0) is 20.5 Å². The second-order valence-corrected chi connectivity index (χ2v) is 3.23. The predicted molar refractivity (Wildman–Crippen MR) is 48.8 cm³/mol. The number of hydrogen-bond acceptors (Lipinski definition) is 4. The fourth-order valence-corrected chi connectivity index (χ4v) is 1.31. The van der Waals surface area contributed by atoms with Gasteiger partial charge in [0.25, 0.3) is 0 Å². The minimum Gasteiger partial charge on any atom is -0.389 e. The summed E-state index contributed by atoms with van der Waals surface area (Å²) in [6.45, 7) is 2.07. The van der Waals surface area contributed by atoms with Crippen LogP contribution in [0.4, 0.5) is 0 Å². The Kier molecular flexibility index (Phi) is 5.41. The van der Waals surface area contributed by atoms with Gasteiger partial charge in [0.15, 0.2) is 0 Å². The lowest BCUT2D eigenvalue weighted by Gasteiger charge is -2.30. The Morgan fingerprint density at radius 1 is 1.33 bits per heavy atom. The quantitative estimate of drug-likeness (QED) is 0.503. The molecular formula is C8H20N2O2. The fraction of sp³-hybridized carbons (Fsp3) is 1.00. The molecule has 0 amide bonds. The van der Waals surface area contributed by atoms with Crippen LogP contribution in [0, 0.1) is 0 Å². The van der Waals surface area contributed by atoms with Crippen LogP contribution >= 0.6 is 0 Å². The molecule has 0 aromatic carbocycles. The zero-order chi connectivity index (χ0) is 9.72. The highest BCUT2D eigenvalue weighted by molar-refractivity contribution is 4.80. The van der Waals surface area contributed by atoms with E-state index in [2.05, 4.69) is 0 Å². The van der Waals surface area contributed by atoms with Crippen molar-refractivity contribution in [1.29, 1.82) is 0 Å². The maximum atomic E-state index is 9.58.